The molecule has 1 saturated heterocycles. The summed E-state index contributed by atoms with van der Waals surface area (Å²) < 4.78 is 0. The van der Waals surface area contributed by atoms with E-state index in [-0.39, 0.29) is 0 Å². The van der Waals surface area contributed by atoms with Gasteiger partial charge in [-0.25, -0.2) is 0 Å². The van der Waals surface area contributed by atoms with Crippen molar-refractivity contribution in [1.29, 1.82) is 0 Å². The van der Waals surface area contributed by atoms with Crippen molar-refractivity contribution in [2.75, 3.05) is 26.7 Å². The van der Waals surface area contributed by atoms with Crippen molar-refractivity contribution in [2.24, 2.45) is 5.92 Å². The molecule has 0 saturated carbocycles. The van der Waals surface area contributed by atoms with Gasteiger partial charge in [-0.2, -0.15) is 0 Å². The molecule has 2 rings (SSSR count). The Bertz CT molecular complexity index is 369. The molecule has 2 atom stereocenters. The first kappa shape index (κ1) is 14.5. The number of likely N-dealkylation sites (tertiary alicyclic amines) is 1. The van der Waals surface area contributed by atoms with Crippen molar-refractivity contribution in [1.82, 2.24) is 10.2 Å². The minimum absolute atomic E-state index is 0.547. The Hall–Kier alpha value is -0.860. The molecule has 2 nitrogen and oxygen atoms in total. The molecule has 19 heavy (non-hydrogen) atoms. The smallest absolute Gasteiger partial charge is 0.0320 e. The van der Waals surface area contributed by atoms with Crippen LogP contribution in [0.1, 0.15) is 43.9 Å². The number of benzene rings is 1. The Labute approximate surface area is 118 Å². The molecule has 0 aliphatic carbocycles. The highest BCUT2D eigenvalue weighted by atomic mass is 15.2. The molecule has 1 heterocycles. The average Bonchev–Trinajstić information content (AvgIpc) is 2.47. The zero-order valence-corrected chi connectivity index (χ0v) is 12.7. The van der Waals surface area contributed by atoms with Gasteiger partial charge in [-0.15, -0.1) is 0 Å². The second-order valence-electron chi connectivity index (χ2n) is 5.83. The highest BCUT2D eigenvalue weighted by Crippen LogP contribution is 2.26. The van der Waals surface area contributed by atoms with Gasteiger partial charge in [-0.1, -0.05) is 31.2 Å². The van der Waals surface area contributed by atoms with Crippen LogP contribution in [-0.4, -0.2) is 31.6 Å². The fourth-order valence-electron chi connectivity index (χ4n) is 3.15. The molecule has 106 valence electrons. The highest BCUT2D eigenvalue weighted by Gasteiger charge is 2.23. The monoisotopic (exact) mass is 260 g/mol. The third kappa shape index (κ3) is 3.80. The summed E-state index contributed by atoms with van der Waals surface area (Å²) in [5.74, 6) is 0.816. The standard InChI is InChI=1S/C17H28N2/c1-4-15-7-9-17(10-8-15)14(2)19-11-5-6-16(13-19)12-18-3/h7-10,14,16,18H,4-6,11-13H2,1-3H3. The van der Waals surface area contributed by atoms with E-state index in [9.17, 15) is 0 Å². The number of nitrogens with zero attached hydrogens (tertiary/aromatic N) is 1. The average molecular weight is 260 g/mol. The van der Waals surface area contributed by atoms with Gasteiger partial charge in [0.25, 0.3) is 0 Å². The van der Waals surface area contributed by atoms with Gasteiger partial charge >= 0.3 is 0 Å². The minimum atomic E-state index is 0.547. The second kappa shape index (κ2) is 7.06. The van der Waals surface area contributed by atoms with Gasteiger partial charge < -0.3 is 5.32 Å². The van der Waals surface area contributed by atoms with E-state index in [1.165, 1.54) is 37.1 Å². The van der Waals surface area contributed by atoms with Gasteiger partial charge in [0, 0.05) is 12.6 Å². The van der Waals surface area contributed by atoms with Gasteiger partial charge in [0.15, 0.2) is 0 Å². The lowest BCUT2D eigenvalue weighted by molar-refractivity contribution is 0.131. The topological polar surface area (TPSA) is 15.3 Å². The molecule has 1 N–H and O–H groups in total. The summed E-state index contributed by atoms with van der Waals surface area (Å²) in [6.07, 6.45) is 3.84. The Morgan fingerprint density at radius 2 is 2.05 bits per heavy atom. The maximum atomic E-state index is 3.33. The minimum Gasteiger partial charge on any atom is -0.319 e. The van der Waals surface area contributed by atoms with Crippen molar-refractivity contribution in [3.05, 3.63) is 35.4 Å². The Kier molecular flexibility index (Phi) is 5.41. The number of nitrogens with one attached hydrogen (secondary N) is 1. The first-order valence-electron chi connectivity index (χ1n) is 7.72. The van der Waals surface area contributed by atoms with Crippen molar-refractivity contribution in [3.8, 4) is 0 Å². The van der Waals surface area contributed by atoms with Gasteiger partial charge in [0.1, 0.15) is 0 Å². The van der Waals surface area contributed by atoms with E-state index in [1.54, 1.807) is 0 Å². The van der Waals surface area contributed by atoms with Crippen LogP contribution in [-0.2, 0) is 6.42 Å². The van der Waals surface area contributed by atoms with Crippen LogP contribution in [0.3, 0.4) is 0 Å². The van der Waals surface area contributed by atoms with E-state index >= 15 is 0 Å². The number of piperidine rings is 1. The van der Waals surface area contributed by atoms with Crippen LogP contribution in [0, 0.1) is 5.92 Å². The number of aryl methyl sites for hydroxylation is 1. The summed E-state index contributed by atoms with van der Waals surface area (Å²) in [5, 5.41) is 3.33. The van der Waals surface area contributed by atoms with Crippen LogP contribution < -0.4 is 5.32 Å². The molecule has 0 amide bonds. The first-order chi connectivity index (χ1) is 9.24. The van der Waals surface area contributed by atoms with Gasteiger partial charge in [0.05, 0.1) is 0 Å². The normalized spacial score (nSPS) is 22.4. The molecular weight excluding hydrogens is 232 g/mol. The lowest BCUT2D eigenvalue weighted by Gasteiger charge is -2.37. The van der Waals surface area contributed by atoms with E-state index < -0.39 is 0 Å². The lowest BCUT2D eigenvalue weighted by atomic mass is 9.95. The highest BCUT2D eigenvalue weighted by molar-refractivity contribution is 5.24. The maximum absolute atomic E-state index is 3.33. The predicted molar refractivity (Wildman–Crippen MR) is 82.5 cm³/mol. The molecule has 1 aliphatic rings. The van der Waals surface area contributed by atoms with Crippen molar-refractivity contribution < 1.29 is 0 Å². The predicted octanol–water partition coefficient (Wildman–Crippen LogP) is 3.24. The molecule has 1 aromatic carbocycles. The molecule has 0 spiro atoms. The van der Waals surface area contributed by atoms with Crippen LogP contribution in [0.15, 0.2) is 24.3 Å². The fraction of sp³-hybridized carbons (Fsp3) is 0.647. The molecule has 0 radical (unpaired) electrons. The summed E-state index contributed by atoms with van der Waals surface area (Å²) in [7, 11) is 2.06. The van der Waals surface area contributed by atoms with E-state index in [4.69, 9.17) is 0 Å². The van der Waals surface area contributed by atoms with E-state index in [2.05, 4.69) is 55.4 Å². The maximum Gasteiger partial charge on any atom is 0.0320 e. The third-order valence-corrected chi connectivity index (χ3v) is 4.46. The fourth-order valence-corrected chi connectivity index (χ4v) is 3.15. The SMILES string of the molecule is CCc1ccc(C(C)N2CCCC(CNC)C2)cc1. The summed E-state index contributed by atoms with van der Waals surface area (Å²) in [6.45, 7) is 8.20. The molecular formula is C17H28N2. The van der Waals surface area contributed by atoms with Crippen LogP contribution in [0.25, 0.3) is 0 Å². The Morgan fingerprint density at radius 3 is 2.68 bits per heavy atom. The number of hydrogen-bond donors (Lipinski definition) is 1. The van der Waals surface area contributed by atoms with Crippen LogP contribution in [0.2, 0.25) is 0 Å². The molecule has 1 aliphatic heterocycles. The van der Waals surface area contributed by atoms with Crippen LogP contribution >= 0.6 is 0 Å². The van der Waals surface area contributed by atoms with Crippen molar-refractivity contribution in [2.45, 2.75) is 39.2 Å². The molecule has 0 bridgehead atoms. The van der Waals surface area contributed by atoms with Crippen molar-refractivity contribution >= 4 is 0 Å². The summed E-state index contributed by atoms with van der Waals surface area (Å²) >= 11 is 0. The second-order valence-corrected chi connectivity index (χ2v) is 5.83. The van der Waals surface area contributed by atoms with Gasteiger partial charge in [-0.05, 0) is 63.4 Å². The lowest BCUT2D eigenvalue weighted by Crippen LogP contribution is -2.40. The van der Waals surface area contributed by atoms with E-state index in [0.29, 0.717) is 6.04 Å². The zero-order valence-electron chi connectivity index (χ0n) is 12.7. The number of hydrogen-bond acceptors (Lipinski definition) is 2. The van der Waals surface area contributed by atoms with E-state index in [0.717, 1.165) is 18.9 Å². The van der Waals surface area contributed by atoms with Gasteiger partial charge in [-0.3, -0.25) is 4.90 Å². The summed E-state index contributed by atoms with van der Waals surface area (Å²) in [5.41, 5.74) is 2.89. The van der Waals surface area contributed by atoms with Crippen LogP contribution in [0.5, 0.6) is 0 Å². The molecule has 1 fully saturated rings. The molecule has 2 unspecified atom stereocenters. The number of rotatable bonds is 5. The summed E-state index contributed by atoms with van der Waals surface area (Å²) in [4.78, 5) is 2.65. The quantitative estimate of drug-likeness (QED) is 0.874. The Morgan fingerprint density at radius 1 is 1.32 bits per heavy atom. The molecule has 2 heteroatoms. The van der Waals surface area contributed by atoms with Crippen LogP contribution in [0.4, 0.5) is 0 Å². The van der Waals surface area contributed by atoms with Gasteiger partial charge in [0.2, 0.25) is 0 Å². The Balaban J connectivity index is 1.99. The summed E-state index contributed by atoms with van der Waals surface area (Å²) in [6, 6.07) is 9.73. The third-order valence-electron chi connectivity index (χ3n) is 4.46. The largest absolute Gasteiger partial charge is 0.319 e. The van der Waals surface area contributed by atoms with Crippen molar-refractivity contribution in [3.63, 3.8) is 0 Å². The first-order valence-corrected chi connectivity index (χ1v) is 7.72. The zero-order chi connectivity index (χ0) is 13.7. The molecule has 0 aromatic heterocycles. The van der Waals surface area contributed by atoms with E-state index in [1.807, 2.05) is 0 Å². The molecule has 1 aromatic rings.